The first-order chi connectivity index (χ1) is 11.7. The van der Waals surface area contributed by atoms with Gasteiger partial charge in [-0.25, -0.2) is 4.98 Å². The number of thiazole rings is 1. The van der Waals surface area contributed by atoms with E-state index >= 15 is 0 Å². The highest BCUT2D eigenvalue weighted by atomic mass is 32.1. The lowest BCUT2D eigenvalue weighted by atomic mass is 10.1. The number of benzene rings is 1. The van der Waals surface area contributed by atoms with Crippen LogP contribution < -0.4 is 4.74 Å². The minimum atomic E-state index is 0.0397. The second-order valence-electron chi connectivity index (χ2n) is 6.33. The Labute approximate surface area is 147 Å². The zero-order valence-electron chi connectivity index (χ0n) is 14.3. The van der Waals surface area contributed by atoms with Crippen molar-refractivity contribution in [2.24, 2.45) is 0 Å². The van der Waals surface area contributed by atoms with Crippen LogP contribution in [0.4, 0.5) is 0 Å². The van der Waals surface area contributed by atoms with Crippen molar-refractivity contribution in [3.63, 3.8) is 0 Å². The first kappa shape index (κ1) is 17.0. The number of ether oxygens (including phenoxy) is 1. The number of rotatable bonds is 4. The molecule has 0 N–H and O–H groups in total. The van der Waals surface area contributed by atoms with Crippen molar-refractivity contribution >= 4 is 17.2 Å². The third-order valence-corrected chi connectivity index (χ3v) is 5.64. The number of hydrogen-bond acceptors (Lipinski definition) is 4. The zero-order chi connectivity index (χ0) is 16.9. The molecule has 1 amide bonds. The Morgan fingerprint density at radius 3 is 2.46 bits per heavy atom. The predicted octanol–water partition coefficient (Wildman–Crippen LogP) is 4.61. The van der Waals surface area contributed by atoms with Crippen molar-refractivity contribution in [2.75, 3.05) is 14.2 Å². The molecule has 2 aromatic rings. The SMILES string of the molecule is COc1ccc(-c2nc(C(=O)N(C)C3CCCCCC3)cs2)cc1. The Bertz CT molecular complexity index is 673. The van der Waals surface area contributed by atoms with E-state index in [2.05, 4.69) is 4.98 Å². The smallest absolute Gasteiger partial charge is 0.273 e. The highest BCUT2D eigenvalue weighted by Gasteiger charge is 2.24. The van der Waals surface area contributed by atoms with E-state index in [1.807, 2.05) is 41.6 Å². The van der Waals surface area contributed by atoms with Crippen LogP contribution in [-0.4, -0.2) is 36.0 Å². The average molecular weight is 344 g/mol. The molecule has 4 nitrogen and oxygen atoms in total. The second kappa shape index (κ2) is 7.79. The first-order valence-electron chi connectivity index (χ1n) is 8.56. The number of methoxy groups -OCH3 is 1. The molecule has 0 spiro atoms. The van der Waals surface area contributed by atoms with Gasteiger partial charge >= 0.3 is 0 Å². The standard InChI is InChI=1S/C19H24N2O2S/c1-21(15-7-5-3-4-6-8-15)19(22)17-13-24-18(20-17)14-9-11-16(23-2)12-10-14/h9-13,15H,3-8H2,1-2H3. The molecule has 128 valence electrons. The summed E-state index contributed by atoms with van der Waals surface area (Å²) in [4.78, 5) is 19.2. The van der Waals surface area contributed by atoms with E-state index in [0.717, 1.165) is 29.2 Å². The van der Waals surface area contributed by atoms with Crippen LogP contribution in [0, 0.1) is 0 Å². The van der Waals surface area contributed by atoms with E-state index in [9.17, 15) is 4.79 Å². The predicted molar refractivity (Wildman–Crippen MR) is 97.7 cm³/mol. The molecule has 3 rings (SSSR count). The number of carbonyl (C=O) groups excluding carboxylic acids is 1. The fourth-order valence-corrected chi connectivity index (χ4v) is 4.03. The molecule has 1 saturated carbocycles. The molecule has 0 aliphatic heterocycles. The van der Waals surface area contributed by atoms with Crippen LogP contribution in [0.3, 0.4) is 0 Å². The van der Waals surface area contributed by atoms with Crippen molar-refractivity contribution < 1.29 is 9.53 Å². The lowest BCUT2D eigenvalue weighted by Crippen LogP contribution is -2.36. The third-order valence-electron chi connectivity index (χ3n) is 4.75. The lowest BCUT2D eigenvalue weighted by molar-refractivity contribution is 0.0712. The van der Waals surface area contributed by atoms with Crippen LogP contribution in [-0.2, 0) is 0 Å². The average Bonchev–Trinajstić information content (AvgIpc) is 2.96. The highest BCUT2D eigenvalue weighted by molar-refractivity contribution is 7.13. The first-order valence-corrected chi connectivity index (χ1v) is 9.44. The van der Waals surface area contributed by atoms with Crippen LogP contribution in [0.15, 0.2) is 29.6 Å². The van der Waals surface area contributed by atoms with E-state index in [4.69, 9.17) is 4.74 Å². The summed E-state index contributed by atoms with van der Waals surface area (Å²) >= 11 is 1.51. The van der Waals surface area contributed by atoms with Gasteiger partial charge in [-0.2, -0.15) is 0 Å². The van der Waals surface area contributed by atoms with Gasteiger partial charge in [0.1, 0.15) is 16.5 Å². The van der Waals surface area contributed by atoms with E-state index in [1.54, 1.807) is 7.11 Å². The second-order valence-corrected chi connectivity index (χ2v) is 7.19. The van der Waals surface area contributed by atoms with Crippen LogP contribution in [0.5, 0.6) is 5.75 Å². The van der Waals surface area contributed by atoms with Gasteiger partial charge in [0.2, 0.25) is 0 Å². The van der Waals surface area contributed by atoms with Gasteiger partial charge in [-0.15, -0.1) is 11.3 Å². The van der Waals surface area contributed by atoms with Crippen LogP contribution >= 0.6 is 11.3 Å². The third kappa shape index (κ3) is 3.78. The van der Waals surface area contributed by atoms with Gasteiger partial charge in [-0.1, -0.05) is 25.7 Å². The topological polar surface area (TPSA) is 42.4 Å². The summed E-state index contributed by atoms with van der Waals surface area (Å²) in [7, 11) is 3.57. The van der Waals surface area contributed by atoms with Gasteiger partial charge in [-0.05, 0) is 37.1 Å². The molecule has 1 heterocycles. The number of nitrogens with zero attached hydrogens (tertiary/aromatic N) is 2. The monoisotopic (exact) mass is 344 g/mol. The van der Waals surface area contributed by atoms with E-state index in [-0.39, 0.29) is 5.91 Å². The molecule has 0 bridgehead atoms. The Morgan fingerprint density at radius 1 is 1.17 bits per heavy atom. The molecular weight excluding hydrogens is 320 g/mol. The van der Waals surface area contributed by atoms with E-state index < -0.39 is 0 Å². The van der Waals surface area contributed by atoms with E-state index in [0.29, 0.717) is 11.7 Å². The minimum absolute atomic E-state index is 0.0397. The zero-order valence-corrected chi connectivity index (χ0v) is 15.1. The summed E-state index contributed by atoms with van der Waals surface area (Å²) < 4.78 is 5.18. The van der Waals surface area contributed by atoms with E-state index in [1.165, 1.54) is 37.0 Å². The van der Waals surface area contributed by atoms with Gasteiger partial charge in [0.25, 0.3) is 5.91 Å². The summed E-state index contributed by atoms with van der Waals surface area (Å²) in [5.74, 6) is 0.859. The molecule has 1 aliphatic carbocycles. The molecule has 24 heavy (non-hydrogen) atoms. The van der Waals surface area contributed by atoms with Gasteiger partial charge < -0.3 is 9.64 Å². The van der Waals surface area contributed by atoms with Crippen molar-refractivity contribution in [3.05, 3.63) is 35.3 Å². The summed E-state index contributed by atoms with van der Waals surface area (Å²) in [6.07, 6.45) is 7.23. The molecule has 0 saturated heterocycles. The summed E-state index contributed by atoms with van der Waals surface area (Å²) in [6.45, 7) is 0. The van der Waals surface area contributed by atoms with Gasteiger partial charge in [-0.3, -0.25) is 4.79 Å². The van der Waals surface area contributed by atoms with Crippen LogP contribution in [0.2, 0.25) is 0 Å². The molecule has 1 aromatic carbocycles. The lowest BCUT2D eigenvalue weighted by Gasteiger charge is -2.26. The van der Waals surface area contributed by atoms with Gasteiger partial charge in [0, 0.05) is 24.0 Å². The van der Waals surface area contributed by atoms with Crippen molar-refractivity contribution in [3.8, 4) is 16.3 Å². The molecule has 1 fully saturated rings. The molecule has 0 radical (unpaired) electrons. The molecule has 1 aliphatic rings. The Morgan fingerprint density at radius 2 is 1.83 bits per heavy atom. The Hall–Kier alpha value is -1.88. The minimum Gasteiger partial charge on any atom is -0.497 e. The number of amides is 1. The fourth-order valence-electron chi connectivity index (χ4n) is 3.23. The molecule has 0 unspecified atom stereocenters. The van der Waals surface area contributed by atoms with Gasteiger partial charge in [0.15, 0.2) is 0 Å². The molecule has 0 atom stereocenters. The maximum atomic E-state index is 12.8. The number of aromatic nitrogens is 1. The quantitative estimate of drug-likeness (QED) is 0.761. The summed E-state index contributed by atoms with van der Waals surface area (Å²) in [5.41, 5.74) is 1.56. The Balaban J connectivity index is 1.72. The van der Waals surface area contributed by atoms with Crippen LogP contribution in [0.25, 0.3) is 10.6 Å². The molecule has 1 aromatic heterocycles. The van der Waals surface area contributed by atoms with Crippen molar-refractivity contribution in [1.29, 1.82) is 0 Å². The van der Waals surface area contributed by atoms with Gasteiger partial charge in [0.05, 0.1) is 7.11 Å². The number of hydrogen-bond donors (Lipinski definition) is 0. The maximum absolute atomic E-state index is 12.8. The normalized spacial score (nSPS) is 15.8. The summed E-state index contributed by atoms with van der Waals surface area (Å²) in [6, 6.07) is 8.12. The molecule has 5 heteroatoms. The molecular formula is C19H24N2O2S. The summed E-state index contributed by atoms with van der Waals surface area (Å²) in [5, 5.41) is 2.74. The highest BCUT2D eigenvalue weighted by Crippen LogP contribution is 2.27. The maximum Gasteiger partial charge on any atom is 0.273 e. The van der Waals surface area contributed by atoms with Crippen molar-refractivity contribution in [1.82, 2.24) is 9.88 Å². The fraction of sp³-hybridized carbons (Fsp3) is 0.474. The number of carbonyl (C=O) groups is 1. The van der Waals surface area contributed by atoms with Crippen LogP contribution in [0.1, 0.15) is 49.0 Å². The van der Waals surface area contributed by atoms with Crippen molar-refractivity contribution in [2.45, 2.75) is 44.6 Å². The largest absolute Gasteiger partial charge is 0.497 e. The Kier molecular flexibility index (Phi) is 5.51.